The molecule has 2 aliphatic heterocycles. The van der Waals surface area contributed by atoms with E-state index < -0.39 is 11.7 Å². The number of hydrogen-bond donors (Lipinski definition) is 3. The van der Waals surface area contributed by atoms with Crippen LogP contribution < -0.4 is 15.8 Å². The Morgan fingerprint density at radius 1 is 1.16 bits per heavy atom. The molecule has 5 nitrogen and oxygen atoms in total. The number of nitrogens with two attached hydrogens (primary N) is 1. The maximum atomic E-state index is 13.6. The number of fused-ring (bicyclic) bond motifs is 1. The Morgan fingerprint density at radius 2 is 1.91 bits per heavy atom. The second kappa shape index (κ2) is 8.13. The third-order valence-corrected chi connectivity index (χ3v) is 7.16. The number of aryl methyl sites for hydroxylation is 1. The Labute approximate surface area is 189 Å². The summed E-state index contributed by atoms with van der Waals surface area (Å²) in [4.78, 5) is 6.70. The van der Waals surface area contributed by atoms with Crippen molar-refractivity contribution in [1.29, 1.82) is 0 Å². The van der Waals surface area contributed by atoms with E-state index in [1.165, 1.54) is 18.0 Å². The molecule has 5 rings (SSSR count). The summed E-state index contributed by atoms with van der Waals surface area (Å²) in [5.41, 5.74) is 6.43. The van der Waals surface area contributed by atoms with Crippen LogP contribution in [0.15, 0.2) is 59.7 Å². The molecule has 3 heterocycles. The first-order chi connectivity index (χ1) is 15.3. The van der Waals surface area contributed by atoms with Gasteiger partial charge in [-0.25, -0.2) is 4.98 Å². The summed E-state index contributed by atoms with van der Waals surface area (Å²) in [6.07, 6.45) is 1.64. The number of rotatable bonds is 5. The summed E-state index contributed by atoms with van der Waals surface area (Å²) < 4.78 is 43.9. The van der Waals surface area contributed by atoms with Crippen molar-refractivity contribution in [1.82, 2.24) is 15.2 Å². The summed E-state index contributed by atoms with van der Waals surface area (Å²) in [5, 5.41) is 4.34. The first-order valence-electron chi connectivity index (χ1n) is 10.5. The zero-order valence-electron chi connectivity index (χ0n) is 17.4. The average molecular weight is 460 g/mol. The van der Waals surface area contributed by atoms with Gasteiger partial charge < -0.3 is 15.8 Å². The van der Waals surface area contributed by atoms with Gasteiger partial charge in [0.25, 0.3) is 0 Å². The molecular weight excluding hydrogens is 435 g/mol. The number of anilines is 1. The zero-order chi connectivity index (χ0) is 22.5. The molecule has 2 aromatic rings. The molecule has 3 atom stereocenters. The van der Waals surface area contributed by atoms with Gasteiger partial charge in [-0.2, -0.15) is 13.2 Å². The van der Waals surface area contributed by atoms with Gasteiger partial charge in [-0.3, -0.25) is 4.90 Å². The van der Waals surface area contributed by atoms with Crippen LogP contribution >= 0.6 is 11.9 Å². The number of dihydropyridines is 1. The van der Waals surface area contributed by atoms with E-state index in [1.807, 2.05) is 12.2 Å². The number of pyridine rings is 1. The minimum atomic E-state index is -4.49. The van der Waals surface area contributed by atoms with Gasteiger partial charge in [0.15, 0.2) is 0 Å². The highest BCUT2D eigenvalue weighted by Crippen LogP contribution is 2.44. The Hall–Kier alpha value is -2.49. The van der Waals surface area contributed by atoms with Crippen molar-refractivity contribution in [3.05, 3.63) is 70.8 Å². The van der Waals surface area contributed by atoms with E-state index in [0.29, 0.717) is 29.3 Å². The van der Waals surface area contributed by atoms with E-state index in [4.69, 9.17) is 5.73 Å². The van der Waals surface area contributed by atoms with Gasteiger partial charge in [-0.05, 0) is 48.6 Å². The van der Waals surface area contributed by atoms with Gasteiger partial charge in [0.05, 0.1) is 22.5 Å². The van der Waals surface area contributed by atoms with E-state index >= 15 is 0 Å². The van der Waals surface area contributed by atoms with Crippen LogP contribution in [0.3, 0.4) is 0 Å². The molecule has 0 bridgehead atoms. The minimum Gasteiger partial charge on any atom is -0.360 e. The SMILES string of the molecule is Cc1ccccc1-c1nc(NSC2=CC=CC(N3CC4C(N)C4C3)N2)ccc1C(F)(F)F. The van der Waals surface area contributed by atoms with Crippen LogP contribution in [0.25, 0.3) is 11.3 Å². The van der Waals surface area contributed by atoms with Gasteiger partial charge >= 0.3 is 6.18 Å². The molecule has 1 aliphatic carbocycles. The normalized spacial score (nSPS) is 27.0. The lowest BCUT2D eigenvalue weighted by Crippen LogP contribution is -2.45. The van der Waals surface area contributed by atoms with Crippen LogP contribution in [0, 0.1) is 18.8 Å². The molecule has 32 heavy (non-hydrogen) atoms. The van der Waals surface area contributed by atoms with Crippen molar-refractivity contribution >= 4 is 17.8 Å². The van der Waals surface area contributed by atoms with E-state index in [9.17, 15) is 13.2 Å². The smallest absolute Gasteiger partial charge is 0.360 e. The van der Waals surface area contributed by atoms with E-state index in [-0.39, 0.29) is 11.9 Å². The first-order valence-corrected chi connectivity index (χ1v) is 11.3. The number of allylic oxidation sites excluding steroid dienone is 2. The molecule has 3 aliphatic rings. The van der Waals surface area contributed by atoms with Crippen molar-refractivity contribution in [2.75, 3.05) is 17.8 Å². The van der Waals surface area contributed by atoms with Crippen molar-refractivity contribution < 1.29 is 13.2 Å². The summed E-state index contributed by atoms with van der Waals surface area (Å²) in [7, 11) is 0. The third-order valence-electron chi connectivity index (χ3n) is 6.38. The number of benzene rings is 1. The second-order valence-electron chi connectivity index (χ2n) is 8.47. The average Bonchev–Trinajstić information content (AvgIpc) is 3.17. The number of halogens is 3. The maximum Gasteiger partial charge on any atom is 0.418 e. The fourth-order valence-electron chi connectivity index (χ4n) is 4.49. The number of nitrogens with one attached hydrogen (secondary N) is 2. The van der Waals surface area contributed by atoms with E-state index in [0.717, 1.165) is 29.7 Å². The third kappa shape index (κ3) is 4.12. The highest BCUT2D eigenvalue weighted by Gasteiger charge is 2.54. The van der Waals surface area contributed by atoms with Gasteiger partial charge in [-0.15, -0.1) is 0 Å². The van der Waals surface area contributed by atoms with Crippen molar-refractivity contribution in [2.24, 2.45) is 17.6 Å². The van der Waals surface area contributed by atoms with Gasteiger partial charge in [0, 0.05) is 36.6 Å². The van der Waals surface area contributed by atoms with Crippen LogP contribution in [-0.2, 0) is 6.18 Å². The summed E-state index contributed by atoms with van der Waals surface area (Å²) in [5.74, 6) is 1.56. The Bertz CT molecular complexity index is 1070. The number of aromatic nitrogens is 1. The van der Waals surface area contributed by atoms with Crippen molar-refractivity contribution in [3.8, 4) is 11.3 Å². The molecule has 1 aromatic heterocycles. The minimum absolute atomic E-state index is 0.0721. The molecule has 4 N–H and O–H groups in total. The zero-order valence-corrected chi connectivity index (χ0v) is 18.3. The van der Waals surface area contributed by atoms with Crippen LogP contribution in [0.2, 0.25) is 0 Å². The molecular formula is C23H24F3N5S. The number of hydrogen-bond acceptors (Lipinski definition) is 6. The monoisotopic (exact) mass is 459 g/mol. The molecule has 9 heteroatoms. The Morgan fingerprint density at radius 3 is 2.62 bits per heavy atom. The summed E-state index contributed by atoms with van der Waals surface area (Å²) >= 11 is 1.30. The predicted molar refractivity (Wildman–Crippen MR) is 121 cm³/mol. The van der Waals surface area contributed by atoms with Crippen LogP contribution in [0.4, 0.5) is 19.0 Å². The number of alkyl halides is 3. The predicted octanol–water partition coefficient (Wildman–Crippen LogP) is 4.35. The Balaban J connectivity index is 1.30. The Kier molecular flexibility index (Phi) is 5.43. The van der Waals surface area contributed by atoms with Crippen molar-refractivity contribution in [3.63, 3.8) is 0 Å². The van der Waals surface area contributed by atoms with Crippen LogP contribution in [-0.4, -0.2) is 35.2 Å². The fourth-order valence-corrected chi connectivity index (χ4v) is 5.15. The largest absolute Gasteiger partial charge is 0.418 e. The highest BCUT2D eigenvalue weighted by molar-refractivity contribution is 8.04. The number of nitrogens with zero attached hydrogens (tertiary/aromatic N) is 2. The molecule has 0 amide bonds. The topological polar surface area (TPSA) is 66.2 Å². The maximum absolute atomic E-state index is 13.6. The lowest BCUT2D eigenvalue weighted by Gasteiger charge is -2.31. The molecule has 0 radical (unpaired) electrons. The standard InChI is InChI=1S/C23H24F3N5S/c1-13-5-2-3-6-14(13)22-17(23(24,25)26)9-10-18(28-22)30-32-20-8-4-7-19(29-20)31-11-15-16(12-31)21(15)27/h2-10,15-16,19,21,29H,11-12,27H2,1H3,(H,28,30). The number of likely N-dealkylation sites (tertiary alicyclic amines) is 1. The highest BCUT2D eigenvalue weighted by atomic mass is 32.2. The molecule has 0 spiro atoms. The molecule has 1 saturated heterocycles. The number of piperidine rings is 1. The summed E-state index contributed by atoms with van der Waals surface area (Å²) in [6.45, 7) is 3.75. The fraction of sp³-hybridized carbons (Fsp3) is 0.348. The molecule has 1 aromatic carbocycles. The quantitative estimate of drug-likeness (QED) is 0.578. The summed E-state index contributed by atoms with van der Waals surface area (Å²) in [6, 6.07) is 9.76. The molecule has 2 fully saturated rings. The lowest BCUT2D eigenvalue weighted by atomic mass is 10.0. The first kappa shape index (κ1) is 21.4. The van der Waals surface area contributed by atoms with Gasteiger partial charge in [0.1, 0.15) is 5.82 Å². The molecule has 3 unspecified atom stereocenters. The van der Waals surface area contributed by atoms with E-state index in [1.54, 1.807) is 31.2 Å². The van der Waals surface area contributed by atoms with E-state index in [2.05, 4.69) is 26.0 Å². The van der Waals surface area contributed by atoms with Gasteiger partial charge in [-0.1, -0.05) is 30.3 Å². The van der Waals surface area contributed by atoms with Crippen LogP contribution in [0.5, 0.6) is 0 Å². The molecule has 168 valence electrons. The lowest BCUT2D eigenvalue weighted by molar-refractivity contribution is -0.137. The van der Waals surface area contributed by atoms with Gasteiger partial charge in [0.2, 0.25) is 0 Å². The second-order valence-corrected chi connectivity index (χ2v) is 9.32. The molecule has 1 saturated carbocycles. The van der Waals surface area contributed by atoms with Crippen molar-refractivity contribution in [2.45, 2.75) is 25.3 Å². The van der Waals surface area contributed by atoms with Crippen LogP contribution in [0.1, 0.15) is 11.1 Å².